The minimum Gasteiger partial charge on any atom is -0.493 e. The monoisotopic (exact) mass is 498 g/mol. The van der Waals surface area contributed by atoms with E-state index in [9.17, 15) is 14.0 Å². The number of ether oxygens (including phenoxy) is 1. The number of nitrogens with zero attached hydrogens (tertiary/aromatic N) is 2. The zero-order chi connectivity index (χ0) is 26.1. The number of hydrogen-bond acceptors (Lipinski definition) is 4. The van der Waals surface area contributed by atoms with E-state index in [-0.39, 0.29) is 29.8 Å². The molecule has 0 aromatic heterocycles. The van der Waals surface area contributed by atoms with Crippen LogP contribution in [0.25, 0.3) is 0 Å². The number of benzene rings is 2. The van der Waals surface area contributed by atoms with Gasteiger partial charge in [-0.1, -0.05) is 38.1 Å². The van der Waals surface area contributed by atoms with Crippen molar-refractivity contribution in [2.75, 3.05) is 19.7 Å². The van der Waals surface area contributed by atoms with E-state index in [1.807, 2.05) is 29.2 Å². The number of carbonyl (C=O) groups excluding carboxylic acids is 2. The number of hydrogen-bond donors (Lipinski definition) is 2. The lowest BCUT2D eigenvalue weighted by Crippen LogP contribution is -2.53. The van der Waals surface area contributed by atoms with Gasteiger partial charge in [-0.3, -0.25) is 9.69 Å². The van der Waals surface area contributed by atoms with Crippen LogP contribution in [0.2, 0.25) is 0 Å². The zero-order valence-corrected chi connectivity index (χ0v) is 21.6. The molecule has 7 nitrogen and oxygen atoms in total. The van der Waals surface area contributed by atoms with Crippen LogP contribution >= 0.6 is 0 Å². The van der Waals surface area contributed by atoms with Gasteiger partial charge in [-0.15, -0.1) is 0 Å². The maximum absolute atomic E-state index is 13.4. The predicted octanol–water partition coefficient (Wildman–Crippen LogP) is 4.30. The second kappa shape index (κ2) is 13.3. The highest BCUT2D eigenvalue weighted by molar-refractivity contribution is 5.75. The fourth-order valence-electron chi connectivity index (χ4n) is 4.46. The molecular weight excluding hydrogens is 459 g/mol. The van der Waals surface area contributed by atoms with Gasteiger partial charge in [-0.05, 0) is 61.1 Å². The molecule has 2 atom stereocenters. The van der Waals surface area contributed by atoms with E-state index in [0.29, 0.717) is 38.6 Å². The highest BCUT2D eigenvalue weighted by Gasteiger charge is 2.31. The van der Waals surface area contributed by atoms with Crippen molar-refractivity contribution in [3.63, 3.8) is 0 Å². The minimum atomic E-state index is -0.304. The molecule has 1 heterocycles. The quantitative estimate of drug-likeness (QED) is 0.484. The van der Waals surface area contributed by atoms with Gasteiger partial charge in [0.2, 0.25) is 5.91 Å². The number of halogens is 1. The third kappa shape index (κ3) is 8.52. The van der Waals surface area contributed by atoms with Gasteiger partial charge in [0.25, 0.3) is 0 Å². The maximum Gasteiger partial charge on any atom is 0.318 e. The van der Waals surface area contributed by atoms with Crippen LogP contribution in [0.15, 0.2) is 48.5 Å². The lowest BCUT2D eigenvalue weighted by atomic mass is 9.96. The molecule has 3 N–H and O–H groups in total. The van der Waals surface area contributed by atoms with Crippen LogP contribution in [0.1, 0.15) is 51.2 Å². The molecule has 1 saturated heterocycles. The Bertz CT molecular complexity index is 981. The Morgan fingerprint density at radius 3 is 2.42 bits per heavy atom. The van der Waals surface area contributed by atoms with E-state index in [1.165, 1.54) is 12.1 Å². The number of piperidine rings is 1. The lowest BCUT2D eigenvalue weighted by molar-refractivity contribution is -0.118. The van der Waals surface area contributed by atoms with Gasteiger partial charge in [0.1, 0.15) is 11.6 Å². The van der Waals surface area contributed by atoms with Crippen LogP contribution in [0.3, 0.4) is 0 Å². The number of rotatable bonds is 11. The summed E-state index contributed by atoms with van der Waals surface area (Å²) in [4.78, 5) is 28.7. The molecule has 8 heteroatoms. The Kier molecular flexibility index (Phi) is 10.1. The van der Waals surface area contributed by atoms with E-state index < -0.39 is 0 Å². The van der Waals surface area contributed by atoms with Crippen molar-refractivity contribution >= 4 is 11.9 Å². The number of amides is 3. The fraction of sp³-hybridized carbons (Fsp3) is 0.500. The van der Waals surface area contributed by atoms with E-state index in [1.54, 1.807) is 12.1 Å². The Morgan fingerprint density at radius 2 is 1.81 bits per heavy atom. The first-order valence-electron chi connectivity index (χ1n) is 12.7. The molecule has 0 radical (unpaired) electrons. The Hall–Kier alpha value is -3.13. The summed E-state index contributed by atoms with van der Waals surface area (Å²) in [6.45, 7) is 9.19. The first kappa shape index (κ1) is 27.5. The molecule has 3 amide bonds. The molecule has 36 heavy (non-hydrogen) atoms. The summed E-state index contributed by atoms with van der Waals surface area (Å²) in [5.41, 5.74) is 7.18. The van der Waals surface area contributed by atoms with Crippen LogP contribution in [0.4, 0.5) is 9.18 Å². The zero-order valence-electron chi connectivity index (χ0n) is 21.6. The van der Waals surface area contributed by atoms with Crippen molar-refractivity contribution in [2.24, 2.45) is 11.7 Å². The standard InChI is InChI=1S/C28H39FN4O3/c1-20(2)19-36-26-10-6-22(7-11-26)17-31-28(35)33(18-23-4-8-24(29)9-5-23)25-12-14-32(21(3)16-25)15-13-27(30)34/h4-11,20-21,25H,12-19H2,1-3H3,(H2,30,34)(H,31,35). The normalized spacial score (nSPS) is 18.1. The summed E-state index contributed by atoms with van der Waals surface area (Å²) < 4.78 is 19.2. The smallest absolute Gasteiger partial charge is 0.318 e. The summed E-state index contributed by atoms with van der Waals surface area (Å²) in [6.07, 6.45) is 1.91. The molecule has 2 aromatic carbocycles. The lowest BCUT2D eigenvalue weighted by Gasteiger charge is -2.42. The minimum absolute atomic E-state index is 0.0293. The summed E-state index contributed by atoms with van der Waals surface area (Å²) >= 11 is 0. The average molecular weight is 499 g/mol. The van der Waals surface area contributed by atoms with Gasteiger partial charge >= 0.3 is 6.03 Å². The van der Waals surface area contributed by atoms with Gasteiger partial charge in [-0.25, -0.2) is 9.18 Å². The molecule has 2 unspecified atom stereocenters. The second-order valence-electron chi connectivity index (χ2n) is 10.0. The molecule has 0 saturated carbocycles. The van der Waals surface area contributed by atoms with Crippen molar-refractivity contribution in [1.29, 1.82) is 0 Å². The van der Waals surface area contributed by atoms with Crippen molar-refractivity contribution in [3.8, 4) is 5.75 Å². The molecule has 0 bridgehead atoms. The van der Waals surface area contributed by atoms with Gasteiger partial charge in [0.15, 0.2) is 0 Å². The molecule has 1 aliphatic heterocycles. The largest absolute Gasteiger partial charge is 0.493 e. The molecule has 196 valence electrons. The number of urea groups is 1. The fourth-order valence-corrected chi connectivity index (χ4v) is 4.46. The van der Waals surface area contributed by atoms with Crippen molar-refractivity contribution in [1.82, 2.24) is 15.1 Å². The molecule has 2 aromatic rings. The topological polar surface area (TPSA) is 87.9 Å². The number of nitrogens with one attached hydrogen (secondary N) is 1. The van der Waals surface area contributed by atoms with Crippen molar-refractivity contribution in [2.45, 2.75) is 65.2 Å². The van der Waals surface area contributed by atoms with Crippen LogP contribution in [-0.4, -0.2) is 53.5 Å². The highest BCUT2D eigenvalue weighted by atomic mass is 19.1. The summed E-state index contributed by atoms with van der Waals surface area (Å²) in [5, 5.41) is 3.06. The molecule has 1 aliphatic rings. The van der Waals surface area contributed by atoms with Crippen LogP contribution in [0.5, 0.6) is 5.75 Å². The van der Waals surface area contributed by atoms with E-state index in [0.717, 1.165) is 36.3 Å². The van der Waals surface area contributed by atoms with E-state index in [4.69, 9.17) is 10.5 Å². The summed E-state index contributed by atoms with van der Waals surface area (Å²) in [5.74, 6) is 0.663. The molecule has 3 rings (SSSR count). The van der Waals surface area contributed by atoms with E-state index >= 15 is 0 Å². The van der Waals surface area contributed by atoms with Gasteiger partial charge < -0.3 is 20.7 Å². The average Bonchev–Trinajstić information content (AvgIpc) is 2.85. The number of carbonyl (C=O) groups is 2. The molecule has 1 fully saturated rings. The predicted molar refractivity (Wildman–Crippen MR) is 139 cm³/mol. The molecule has 0 spiro atoms. The second-order valence-corrected chi connectivity index (χ2v) is 10.0. The van der Waals surface area contributed by atoms with Crippen LogP contribution in [-0.2, 0) is 17.9 Å². The van der Waals surface area contributed by atoms with Gasteiger partial charge in [-0.2, -0.15) is 0 Å². The maximum atomic E-state index is 13.4. The highest BCUT2D eigenvalue weighted by Crippen LogP contribution is 2.24. The van der Waals surface area contributed by atoms with Crippen molar-refractivity contribution in [3.05, 3.63) is 65.5 Å². The van der Waals surface area contributed by atoms with E-state index in [2.05, 4.69) is 31.0 Å². The van der Waals surface area contributed by atoms with Crippen LogP contribution < -0.4 is 15.8 Å². The summed E-state index contributed by atoms with van der Waals surface area (Å²) in [6, 6.07) is 14.1. The number of nitrogens with two attached hydrogens (primary N) is 1. The molecule has 0 aliphatic carbocycles. The van der Waals surface area contributed by atoms with Gasteiger partial charge in [0.05, 0.1) is 6.61 Å². The number of likely N-dealkylation sites (tertiary alicyclic amines) is 1. The Morgan fingerprint density at radius 1 is 1.14 bits per heavy atom. The molecular formula is C28H39FN4O3. The third-order valence-corrected chi connectivity index (χ3v) is 6.55. The number of primary amides is 1. The van der Waals surface area contributed by atoms with Crippen molar-refractivity contribution < 1.29 is 18.7 Å². The van der Waals surface area contributed by atoms with Gasteiger partial charge in [0, 0.05) is 44.7 Å². The summed E-state index contributed by atoms with van der Waals surface area (Å²) in [7, 11) is 0. The third-order valence-electron chi connectivity index (χ3n) is 6.55. The Balaban J connectivity index is 1.64. The first-order chi connectivity index (χ1) is 17.2. The SMILES string of the molecule is CC(C)COc1ccc(CNC(=O)N(Cc2ccc(F)cc2)C2CCN(CCC(N)=O)C(C)C2)cc1. The Labute approximate surface area is 213 Å². The van der Waals surface area contributed by atoms with Crippen LogP contribution in [0, 0.1) is 11.7 Å². The first-order valence-corrected chi connectivity index (χ1v) is 12.7.